The summed E-state index contributed by atoms with van der Waals surface area (Å²) in [4.78, 5) is 6.71. The van der Waals surface area contributed by atoms with Gasteiger partial charge in [0.15, 0.2) is 5.96 Å². The number of aromatic nitrogens is 2. The van der Waals surface area contributed by atoms with Crippen LogP contribution < -0.4 is 5.73 Å². The maximum Gasteiger partial charge on any atom is 0.191 e. The Balaban J connectivity index is 1.71. The van der Waals surface area contributed by atoms with Crippen molar-refractivity contribution in [2.45, 2.75) is 45.3 Å². The van der Waals surface area contributed by atoms with Crippen molar-refractivity contribution in [1.29, 1.82) is 0 Å². The monoisotopic (exact) mass is 291 g/mol. The van der Waals surface area contributed by atoms with Crippen molar-refractivity contribution in [3.8, 4) is 0 Å². The van der Waals surface area contributed by atoms with E-state index >= 15 is 0 Å². The predicted molar refractivity (Wildman–Crippen MR) is 82.2 cm³/mol. The van der Waals surface area contributed by atoms with Gasteiger partial charge in [0.05, 0.1) is 30.6 Å². The van der Waals surface area contributed by atoms with Crippen LogP contribution in [0.1, 0.15) is 36.7 Å². The topological polar surface area (TPSA) is 68.7 Å². The highest BCUT2D eigenvalue weighted by Crippen LogP contribution is 2.24. The van der Waals surface area contributed by atoms with Crippen molar-refractivity contribution in [2.75, 3.05) is 19.7 Å². The smallest absolute Gasteiger partial charge is 0.191 e. The molecule has 1 aromatic heterocycles. The first-order chi connectivity index (χ1) is 10.1. The predicted octanol–water partition coefficient (Wildman–Crippen LogP) is 0.834. The van der Waals surface area contributed by atoms with Gasteiger partial charge in [0.25, 0.3) is 0 Å². The third kappa shape index (κ3) is 3.05. The van der Waals surface area contributed by atoms with Crippen molar-refractivity contribution in [1.82, 2.24) is 14.7 Å². The van der Waals surface area contributed by atoms with Gasteiger partial charge in [-0.1, -0.05) is 0 Å². The number of fused-ring (bicyclic) bond motifs is 1. The van der Waals surface area contributed by atoms with Gasteiger partial charge in [-0.25, -0.2) is 4.99 Å². The lowest BCUT2D eigenvalue weighted by Crippen LogP contribution is -2.47. The Hall–Kier alpha value is -1.56. The van der Waals surface area contributed by atoms with Crippen molar-refractivity contribution in [2.24, 2.45) is 17.8 Å². The Morgan fingerprint density at radius 3 is 3.05 bits per heavy atom. The zero-order chi connectivity index (χ0) is 14.8. The Kier molecular flexibility index (Phi) is 4.14. The highest BCUT2D eigenvalue weighted by atomic mass is 16.5. The fourth-order valence-electron chi connectivity index (χ4n) is 3.23. The molecule has 116 valence electrons. The van der Waals surface area contributed by atoms with Gasteiger partial charge in [0, 0.05) is 20.1 Å². The Labute approximate surface area is 126 Å². The Morgan fingerprint density at radius 1 is 1.43 bits per heavy atom. The molecular formula is C15H25N5O. The summed E-state index contributed by atoms with van der Waals surface area (Å²) in [5.74, 6) is 0.621. The van der Waals surface area contributed by atoms with E-state index in [0.717, 1.165) is 32.5 Å². The molecule has 0 bridgehead atoms. The molecule has 1 saturated heterocycles. The minimum absolute atomic E-state index is 0.219. The summed E-state index contributed by atoms with van der Waals surface area (Å²) in [7, 11) is 2.01. The zero-order valence-electron chi connectivity index (χ0n) is 13.0. The van der Waals surface area contributed by atoms with Gasteiger partial charge in [-0.3, -0.25) is 4.68 Å². The second-order valence-corrected chi connectivity index (χ2v) is 6.00. The molecule has 0 radical (unpaired) electrons. The first-order valence-corrected chi connectivity index (χ1v) is 7.85. The molecule has 0 aromatic carbocycles. The minimum atomic E-state index is 0.219. The molecule has 1 atom stereocenters. The van der Waals surface area contributed by atoms with Crippen LogP contribution >= 0.6 is 0 Å². The van der Waals surface area contributed by atoms with Crippen molar-refractivity contribution in [3.05, 3.63) is 17.0 Å². The number of nitrogens with two attached hydrogens (primary N) is 1. The molecule has 1 unspecified atom stereocenters. The normalized spacial score (nSPS) is 23.2. The standard InChI is InChI=1S/C15H25N5O/c1-11-10-20(7-8-21-11)15(16)17-9-14-12-5-3-4-6-13(12)18-19(14)2/h11H,3-10H2,1-2H3,(H2,16,17). The van der Waals surface area contributed by atoms with Crippen LogP contribution in [0.15, 0.2) is 4.99 Å². The minimum Gasteiger partial charge on any atom is -0.375 e. The lowest BCUT2D eigenvalue weighted by molar-refractivity contribution is 0.00528. The van der Waals surface area contributed by atoms with E-state index in [1.807, 2.05) is 11.7 Å². The van der Waals surface area contributed by atoms with Crippen LogP contribution in [0.3, 0.4) is 0 Å². The highest BCUT2D eigenvalue weighted by Gasteiger charge is 2.20. The van der Waals surface area contributed by atoms with Crippen LogP contribution in [-0.2, 0) is 31.2 Å². The summed E-state index contributed by atoms with van der Waals surface area (Å²) >= 11 is 0. The number of guanidine groups is 1. The number of aliphatic imine (C=N–C) groups is 1. The average molecular weight is 291 g/mol. The molecule has 1 aliphatic heterocycles. The van der Waals surface area contributed by atoms with E-state index in [9.17, 15) is 0 Å². The maximum atomic E-state index is 6.14. The van der Waals surface area contributed by atoms with Crippen LogP contribution in [0.4, 0.5) is 0 Å². The molecule has 3 rings (SSSR count). The number of ether oxygens (including phenoxy) is 1. The van der Waals surface area contributed by atoms with E-state index in [0.29, 0.717) is 12.5 Å². The van der Waals surface area contributed by atoms with E-state index in [-0.39, 0.29) is 6.10 Å². The maximum absolute atomic E-state index is 6.14. The van der Waals surface area contributed by atoms with Crippen molar-refractivity contribution in [3.63, 3.8) is 0 Å². The number of hydrogen-bond acceptors (Lipinski definition) is 3. The number of hydrogen-bond donors (Lipinski definition) is 1. The van der Waals surface area contributed by atoms with E-state index in [1.54, 1.807) is 0 Å². The summed E-state index contributed by atoms with van der Waals surface area (Å²) in [5, 5.41) is 4.63. The van der Waals surface area contributed by atoms with Gasteiger partial charge < -0.3 is 15.4 Å². The molecule has 21 heavy (non-hydrogen) atoms. The molecule has 2 heterocycles. The Bertz CT molecular complexity index is 536. The fourth-order valence-corrected chi connectivity index (χ4v) is 3.23. The zero-order valence-corrected chi connectivity index (χ0v) is 13.0. The third-order valence-electron chi connectivity index (χ3n) is 4.40. The van der Waals surface area contributed by atoms with Crippen LogP contribution in [0.5, 0.6) is 0 Å². The van der Waals surface area contributed by atoms with E-state index in [4.69, 9.17) is 10.5 Å². The van der Waals surface area contributed by atoms with Gasteiger partial charge in [-0.05, 0) is 38.2 Å². The average Bonchev–Trinajstić information content (AvgIpc) is 2.80. The van der Waals surface area contributed by atoms with Crippen LogP contribution in [0, 0.1) is 0 Å². The van der Waals surface area contributed by atoms with Gasteiger partial charge in [0.1, 0.15) is 0 Å². The molecule has 2 aliphatic rings. The van der Waals surface area contributed by atoms with E-state index in [1.165, 1.54) is 29.8 Å². The number of morpholine rings is 1. The molecule has 0 saturated carbocycles. The lowest BCUT2D eigenvalue weighted by atomic mass is 9.96. The number of nitrogens with zero attached hydrogens (tertiary/aromatic N) is 4. The summed E-state index contributed by atoms with van der Waals surface area (Å²) < 4.78 is 7.52. The molecule has 1 aromatic rings. The molecule has 0 spiro atoms. The van der Waals surface area contributed by atoms with Gasteiger partial charge in [-0.15, -0.1) is 0 Å². The first-order valence-electron chi connectivity index (χ1n) is 7.85. The number of aryl methyl sites for hydroxylation is 2. The molecule has 6 heteroatoms. The van der Waals surface area contributed by atoms with Crippen molar-refractivity contribution < 1.29 is 4.74 Å². The summed E-state index contributed by atoms with van der Waals surface area (Å²) in [6, 6.07) is 0. The summed E-state index contributed by atoms with van der Waals surface area (Å²) in [6.45, 7) is 5.05. The third-order valence-corrected chi connectivity index (χ3v) is 4.40. The van der Waals surface area contributed by atoms with E-state index in [2.05, 4.69) is 21.9 Å². The summed E-state index contributed by atoms with van der Waals surface area (Å²) in [5.41, 5.74) is 10.0. The summed E-state index contributed by atoms with van der Waals surface area (Å²) in [6.07, 6.45) is 4.95. The fraction of sp³-hybridized carbons (Fsp3) is 0.733. The van der Waals surface area contributed by atoms with Crippen LogP contribution in [0.25, 0.3) is 0 Å². The van der Waals surface area contributed by atoms with Crippen LogP contribution in [0.2, 0.25) is 0 Å². The highest BCUT2D eigenvalue weighted by molar-refractivity contribution is 5.78. The molecule has 1 aliphatic carbocycles. The second-order valence-electron chi connectivity index (χ2n) is 6.00. The lowest BCUT2D eigenvalue weighted by Gasteiger charge is -2.31. The number of rotatable bonds is 2. The van der Waals surface area contributed by atoms with Crippen LogP contribution in [-0.4, -0.2) is 46.4 Å². The van der Waals surface area contributed by atoms with E-state index < -0.39 is 0 Å². The Morgan fingerprint density at radius 2 is 2.24 bits per heavy atom. The first kappa shape index (κ1) is 14.4. The molecular weight excluding hydrogens is 266 g/mol. The second kappa shape index (κ2) is 6.05. The van der Waals surface area contributed by atoms with Gasteiger partial charge in [-0.2, -0.15) is 5.10 Å². The quantitative estimate of drug-likeness (QED) is 0.647. The molecule has 2 N–H and O–H groups in total. The molecule has 0 amide bonds. The SMILES string of the molecule is CC1CN(C(N)=NCc2c3c(nn2C)CCCC3)CCO1. The van der Waals surface area contributed by atoms with Gasteiger partial charge >= 0.3 is 0 Å². The van der Waals surface area contributed by atoms with Gasteiger partial charge in [0.2, 0.25) is 0 Å². The van der Waals surface area contributed by atoms with Crippen molar-refractivity contribution >= 4 is 5.96 Å². The molecule has 6 nitrogen and oxygen atoms in total. The molecule has 1 fully saturated rings. The largest absolute Gasteiger partial charge is 0.375 e.